The molecule has 2 aliphatic rings. The highest BCUT2D eigenvalue weighted by Crippen LogP contribution is 2.32. The molecule has 0 amide bonds. The molecule has 0 N–H and O–H groups in total. The third-order valence-electron chi connectivity index (χ3n) is 4.51. The Hall–Kier alpha value is -1.95. The van der Waals surface area contributed by atoms with Crippen LogP contribution in [0, 0.1) is 5.92 Å². The van der Waals surface area contributed by atoms with Crippen molar-refractivity contribution in [1.82, 2.24) is 24.6 Å². The van der Waals surface area contributed by atoms with E-state index < -0.39 is 0 Å². The van der Waals surface area contributed by atoms with Crippen molar-refractivity contribution in [3.63, 3.8) is 0 Å². The van der Waals surface area contributed by atoms with Gasteiger partial charge in [0.2, 0.25) is 5.88 Å². The van der Waals surface area contributed by atoms with Crippen LogP contribution in [0.1, 0.15) is 25.0 Å². The molecule has 0 saturated heterocycles. The van der Waals surface area contributed by atoms with E-state index in [4.69, 9.17) is 4.74 Å². The smallest absolute Gasteiger partial charge is 0.232 e. The topological polar surface area (TPSA) is 56.1 Å². The lowest BCUT2D eigenvalue weighted by Crippen LogP contribution is -2.39. The van der Waals surface area contributed by atoms with Crippen molar-refractivity contribution in [3.8, 4) is 5.88 Å². The van der Waals surface area contributed by atoms with Crippen LogP contribution in [0.2, 0.25) is 0 Å². The minimum atomic E-state index is 0.407. The van der Waals surface area contributed by atoms with Crippen LogP contribution in [0.5, 0.6) is 5.88 Å². The largest absolute Gasteiger partial charge is 0.475 e. The number of hydrogen-bond acceptors (Lipinski definition) is 5. The second kappa shape index (κ2) is 6.04. The molecule has 0 bridgehead atoms. The van der Waals surface area contributed by atoms with Crippen LogP contribution in [0.25, 0.3) is 0 Å². The number of fused-ring (bicyclic) bond motifs is 1. The van der Waals surface area contributed by atoms with Crippen molar-refractivity contribution in [2.24, 2.45) is 5.92 Å². The van der Waals surface area contributed by atoms with Gasteiger partial charge in [0.25, 0.3) is 0 Å². The molecule has 1 atom stereocenters. The molecule has 3 heterocycles. The van der Waals surface area contributed by atoms with Gasteiger partial charge in [-0.15, -0.1) is 0 Å². The fraction of sp³-hybridized carbons (Fsp3) is 0.562. The summed E-state index contributed by atoms with van der Waals surface area (Å²) in [6, 6.07) is 2.54. The molecule has 1 aliphatic carbocycles. The van der Waals surface area contributed by atoms with Crippen LogP contribution < -0.4 is 4.74 Å². The lowest BCUT2D eigenvalue weighted by Gasteiger charge is -2.29. The number of nitrogens with zero attached hydrogens (tertiary/aromatic N) is 5. The normalized spacial score (nSPS) is 22.1. The summed E-state index contributed by atoms with van der Waals surface area (Å²) in [6.07, 6.45) is 10.7. The molecule has 1 saturated carbocycles. The first kappa shape index (κ1) is 13.7. The minimum absolute atomic E-state index is 0.407. The van der Waals surface area contributed by atoms with Gasteiger partial charge in [-0.25, -0.2) is 4.98 Å². The van der Waals surface area contributed by atoms with E-state index in [0.717, 1.165) is 25.4 Å². The molecule has 1 aliphatic heterocycles. The molecule has 6 heteroatoms. The Balaban J connectivity index is 1.45. The number of ether oxygens (including phenoxy) is 1. The van der Waals surface area contributed by atoms with Crippen molar-refractivity contribution in [3.05, 3.63) is 36.5 Å². The molecular formula is C16H21N5O. The zero-order valence-electron chi connectivity index (χ0n) is 12.6. The lowest BCUT2D eigenvalue weighted by atomic mass is 10.1. The van der Waals surface area contributed by atoms with Crippen LogP contribution >= 0.6 is 0 Å². The average molecular weight is 299 g/mol. The van der Waals surface area contributed by atoms with E-state index in [-0.39, 0.29) is 0 Å². The second-order valence-electron chi connectivity index (χ2n) is 6.22. The zero-order valence-corrected chi connectivity index (χ0v) is 12.6. The van der Waals surface area contributed by atoms with E-state index >= 15 is 0 Å². The molecular weight excluding hydrogens is 278 g/mol. The molecule has 0 radical (unpaired) electrons. The van der Waals surface area contributed by atoms with Gasteiger partial charge in [0.05, 0.1) is 11.9 Å². The fourth-order valence-corrected chi connectivity index (χ4v) is 3.06. The third kappa shape index (κ3) is 3.11. The standard InChI is InChI=1S/C16H21N5O/c1-2-13(1)10-20-11-14-3-5-19-21(14)8-4-15(20)12-22-16-9-17-6-7-18-16/h3,5-7,9,13,15H,1-2,4,8,10-12H2/t15-/m0/s1. The molecule has 116 valence electrons. The molecule has 2 aromatic rings. The lowest BCUT2D eigenvalue weighted by molar-refractivity contribution is 0.117. The summed E-state index contributed by atoms with van der Waals surface area (Å²) >= 11 is 0. The summed E-state index contributed by atoms with van der Waals surface area (Å²) in [7, 11) is 0. The molecule has 0 spiro atoms. The second-order valence-corrected chi connectivity index (χ2v) is 6.22. The van der Waals surface area contributed by atoms with Gasteiger partial charge in [-0.05, 0) is 31.2 Å². The Kier molecular flexibility index (Phi) is 3.76. The third-order valence-corrected chi connectivity index (χ3v) is 4.51. The first-order chi connectivity index (χ1) is 10.9. The monoisotopic (exact) mass is 299 g/mol. The highest BCUT2D eigenvalue weighted by atomic mass is 16.5. The molecule has 22 heavy (non-hydrogen) atoms. The van der Waals surface area contributed by atoms with Crippen molar-refractivity contribution in [2.45, 2.75) is 38.4 Å². The van der Waals surface area contributed by atoms with Gasteiger partial charge in [0.15, 0.2) is 0 Å². The Bertz CT molecular complexity index is 610. The average Bonchev–Trinajstić information content (AvgIpc) is 3.29. The summed E-state index contributed by atoms with van der Waals surface area (Å²) in [5.41, 5.74) is 1.31. The Morgan fingerprint density at radius 2 is 2.14 bits per heavy atom. The number of hydrogen-bond donors (Lipinski definition) is 0. The number of aryl methyl sites for hydroxylation is 1. The van der Waals surface area contributed by atoms with Crippen LogP contribution in [0.15, 0.2) is 30.9 Å². The number of aromatic nitrogens is 4. The van der Waals surface area contributed by atoms with Crippen molar-refractivity contribution >= 4 is 0 Å². The molecule has 2 aromatic heterocycles. The quantitative estimate of drug-likeness (QED) is 0.841. The van der Waals surface area contributed by atoms with Crippen LogP contribution in [-0.4, -0.2) is 43.8 Å². The summed E-state index contributed by atoms with van der Waals surface area (Å²) in [6.45, 7) is 3.75. The maximum atomic E-state index is 5.86. The van der Waals surface area contributed by atoms with Crippen molar-refractivity contribution in [1.29, 1.82) is 0 Å². The predicted molar refractivity (Wildman–Crippen MR) is 81.3 cm³/mol. The van der Waals surface area contributed by atoms with Gasteiger partial charge in [-0.3, -0.25) is 14.6 Å². The van der Waals surface area contributed by atoms with Gasteiger partial charge in [0.1, 0.15) is 6.61 Å². The van der Waals surface area contributed by atoms with Crippen molar-refractivity contribution < 1.29 is 4.74 Å². The minimum Gasteiger partial charge on any atom is -0.475 e. The maximum absolute atomic E-state index is 5.86. The molecule has 1 fully saturated rings. The Morgan fingerprint density at radius 1 is 1.18 bits per heavy atom. The summed E-state index contributed by atoms with van der Waals surface area (Å²) in [5, 5.41) is 4.43. The first-order valence-corrected chi connectivity index (χ1v) is 8.02. The van der Waals surface area contributed by atoms with Gasteiger partial charge < -0.3 is 4.74 Å². The Morgan fingerprint density at radius 3 is 2.95 bits per heavy atom. The fourth-order valence-electron chi connectivity index (χ4n) is 3.06. The summed E-state index contributed by atoms with van der Waals surface area (Å²) < 4.78 is 7.99. The highest BCUT2D eigenvalue weighted by molar-refractivity contribution is 5.04. The predicted octanol–water partition coefficient (Wildman–Crippen LogP) is 1.74. The molecule has 0 unspecified atom stereocenters. The van der Waals surface area contributed by atoms with E-state index in [1.54, 1.807) is 18.6 Å². The van der Waals surface area contributed by atoms with E-state index in [2.05, 4.69) is 30.7 Å². The van der Waals surface area contributed by atoms with E-state index in [9.17, 15) is 0 Å². The molecule has 4 rings (SSSR count). The molecule has 0 aromatic carbocycles. The number of rotatable bonds is 5. The van der Waals surface area contributed by atoms with Gasteiger partial charge >= 0.3 is 0 Å². The van der Waals surface area contributed by atoms with Gasteiger partial charge in [-0.1, -0.05) is 0 Å². The SMILES string of the molecule is c1cnc(OC[C@@H]2CCn3nccc3CN2CC2CC2)cn1. The zero-order chi connectivity index (χ0) is 14.8. The maximum Gasteiger partial charge on any atom is 0.232 e. The Labute approximate surface area is 130 Å². The van der Waals surface area contributed by atoms with Crippen molar-refractivity contribution in [2.75, 3.05) is 13.2 Å². The van der Waals surface area contributed by atoms with Crippen LogP contribution in [0.3, 0.4) is 0 Å². The van der Waals surface area contributed by atoms with E-state index in [0.29, 0.717) is 18.5 Å². The summed E-state index contributed by atoms with van der Waals surface area (Å²) in [4.78, 5) is 10.8. The van der Waals surface area contributed by atoms with E-state index in [1.807, 2.05) is 6.20 Å². The van der Waals surface area contributed by atoms with E-state index in [1.165, 1.54) is 25.1 Å². The van der Waals surface area contributed by atoms with Gasteiger partial charge in [-0.2, -0.15) is 5.10 Å². The summed E-state index contributed by atoms with van der Waals surface area (Å²) in [5.74, 6) is 1.48. The first-order valence-electron chi connectivity index (χ1n) is 8.02. The highest BCUT2D eigenvalue weighted by Gasteiger charge is 2.30. The van der Waals surface area contributed by atoms with Crippen LogP contribution in [0.4, 0.5) is 0 Å². The van der Waals surface area contributed by atoms with Crippen LogP contribution in [-0.2, 0) is 13.1 Å². The van der Waals surface area contributed by atoms with Gasteiger partial charge in [0, 0.05) is 44.3 Å². The molecule has 6 nitrogen and oxygen atoms in total.